The van der Waals surface area contributed by atoms with Crippen molar-refractivity contribution in [3.8, 4) is 0 Å². The van der Waals surface area contributed by atoms with Crippen LogP contribution in [0.2, 0.25) is 0 Å². The van der Waals surface area contributed by atoms with E-state index in [-0.39, 0.29) is 32.9 Å². The summed E-state index contributed by atoms with van der Waals surface area (Å²) in [4.78, 5) is 24.7. The van der Waals surface area contributed by atoms with Gasteiger partial charge in [-0.1, -0.05) is 26.8 Å². The molecule has 2 fully saturated rings. The van der Waals surface area contributed by atoms with E-state index in [1.54, 1.807) is 4.31 Å². The van der Waals surface area contributed by atoms with E-state index in [1.165, 1.54) is 36.4 Å². The molecule has 1 saturated heterocycles. The molecule has 2 atom stereocenters. The number of carbonyl (C=O) groups excluding carboxylic acids is 2. The van der Waals surface area contributed by atoms with Crippen molar-refractivity contribution >= 4 is 21.8 Å². The van der Waals surface area contributed by atoms with Crippen molar-refractivity contribution in [1.29, 1.82) is 0 Å². The van der Waals surface area contributed by atoms with E-state index in [1.807, 2.05) is 0 Å². The van der Waals surface area contributed by atoms with Gasteiger partial charge in [0.15, 0.2) is 12.4 Å². The van der Waals surface area contributed by atoms with Gasteiger partial charge in [0.1, 0.15) is 5.82 Å². The van der Waals surface area contributed by atoms with E-state index < -0.39 is 34.2 Å². The second kappa shape index (κ2) is 8.33. The summed E-state index contributed by atoms with van der Waals surface area (Å²) < 4.78 is 46.6. The molecule has 2 aromatic carbocycles. The van der Waals surface area contributed by atoms with E-state index >= 15 is 0 Å². The number of ketones is 1. The monoisotopic (exact) mass is 473 g/mol. The summed E-state index contributed by atoms with van der Waals surface area (Å²) in [7, 11) is -3.79. The number of sulfonamides is 1. The van der Waals surface area contributed by atoms with Crippen LogP contribution in [-0.2, 0) is 14.8 Å². The molecule has 0 radical (unpaired) electrons. The molecule has 1 aliphatic heterocycles. The molecule has 2 bridgehead atoms. The fraction of sp³-hybridized carbons (Fsp3) is 0.440. The van der Waals surface area contributed by atoms with Crippen LogP contribution in [0, 0.1) is 16.6 Å². The maximum absolute atomic E-state index is 13.5. The van der Waals surface area contributed by atoms with Crippen LogP contribution >= 0.6 is 0 Å². The summed E-state index contributed by atoms with van der Waals surface area (Å²) >= 11 is 0. The van der Waals surface area contributed by atoms with Gasteiger partial charge >= 0.3 is 5.97 Å². The van der Waals surface area contributed by atoms with Crippen molar-refractivity contribution in [1.82, 2.24) is 4.31 Å². The fourth-order valence-electron chi connectivity index (χ4n) is 5.54. The Morgan fingerprint density at radius 3 is 2.45 bits per heavy atom. The predicted octanol–water partition coefficient (Wildman–Crippen LogP) is 4.45. The van der Waals surface area contributed by atoms with Crippen molar-refractivity contribution in [2.24, 2.45) is 10.8 Å². The number of Topliss-reactive ketones (excluding diaryl/α,β-unsaturated/α-hetero) is 1. The number of hydrogen-bond acceptors (Lipinski definition) is 5. The first-order valence-electron chi connectivity index (χ1n) is 11.0. The maximum Gasteiger partial charge on any atom is 0.338 e. The van der Waals surface area contributed by atoms with Crippen LogP contribution in [-0.4, -0.2) is 43.7 Å². The minimum atomic E-state index is -3.79. The van der Waals surface area contributed by atoms with Gasteiger partial charge in [0.25, 0.3) is 0 Å². The average Bonchev–Trinajstić information content (AvgIpc) is 3.01. The molecule has 0 aromatic heterocycles. The lowest BCUT2D eigenvalue weighted by Gasteiger charge is -2.39. The lowest BCUT2D eigenvalue weighted by molar-refractivity contribution is 0.0474. The van der Waals surface area contributed by atoms with E-state index in [0.29, 0.717) is 6.54 Å². The Morgan fingerprint density at radius 2 is 1.76 bits per heavy atom. The number of hydrogen-bond donors (Lipinski definition) is 0. The van der Waals surface area contributed by atoms with Crippen molar-refractivity contribution in [2.75, 3.05) is 13.2 Å². The third-order valence-electron chi connectivity index (χ3n) is 6.54. The first-order valence-corrected chi connectivity index (χ1v) is 12.4. The molecule has 2 unspecified atom stereocenters. The molecule has 2 aliphatic rings. The van der Waals surface area contributed by atoms with Gasteiger partial charge in [-0.25, -0.2) is 17.6 Å². The van der Waals surface area contributed by atoms with Crippen LogP contribution < -0.4 is 0 Å². The predicted molar refractivity (Wildman–Crippen MR) is 121 cm³/mol. The van der Waals surface area contributed by atoms with Gasteiger partial charge < -0.3 is 4.74 Å². The Kier molecular flexibility index (Phi) is 5.95. The number of fused-ring (bicyclic) bond motifs is 2. The van der Waals surface area contributed by atoms with E-state index in [9.17, 15) is 22.4 Å². The number of nitrogens with zero attached hydrogens (tertiary/aromatic N) is 1. The normalized spacial score (nSPS) is 24.4. The SMILES string of the molecule is CC1(C)CC2CC(C)(CN2S(=O)(=O)c2cccc(C(=O)OCC(=O)c3ccc(F)cc3)c2)C1. The Balaban J connectivity index is 1.48. The molecule has 0 N–H and O–H groups in total. The van der Waals surface area contributed by atoms with Crippen LogP contribution in [0.5, 0.6) is 0 Å². The van der Waals surface area contributed by atoms with Gasteiger partial charge in [-0.05, 0) is 72.6 Å². The second-order valence-electron chi connectivity index (χ2n) is 10.3. The fourth-order valence-corrected chi connectivity index (χ4v) is 7.36. The number of halogens is 1. The number of benzene rings is 2. The minimum Gasteiger partial charge on any atom is -0.454 e. The molecule has 176 valence electrons. The van der Waals surface area contributed by atoms with Crippen molar-refractivity contribution < 1.29 is 27.1 Å². The van der Waals surface area contributed by atoms with Gasteiger partial charge in [0.05, 0.1) is 10.5 Å². The van der Waals surface area contributed by atoms with E-state index in [2.05, 4.69) is 20.8 Å². The lowest BCUT2D eigenvalue weighted by Crippen LogP contribution is -2.37. The zero-order chi connectivity index (χ0) is 24.0. The molecule has 2 aromatic rings. The summed E-state index contributed by atoms with van der Waals surface area (Å²) in [6, 6.07) is 10.6. The summed E-state index contributed by atoms with van der Waals surface area (Å²) in [6.07, 6.45) is 2.61. The highest BCUT2D eigenvalue weighted by atomic mass is 32.2. The molecule has 1 aliphatic carbocycles. The van der Waals surface area contributed by atoms with E-state index in [0.717, 1.165) is 31.4 Å². The van der Waals surface area contributed by atoms with Gasteiger partial charge in [-0.3, -0.25) is 4.79 Å². The number of carbonyl (C=O) groups is 2. The molecule has 1 saturated carbocycles. The maximum atomic E-state index is 13.5. The van der Waals surface area contributed by atoms with Crippen LogP contribution in [0.1, 0.15) is 60.7 Å². The Bertz CT molecular complexity index is 1190. The van der Waals surface area contributed by atoms with Crippen LogP contribution in [0.3, 0.4) is 0 Å². The standard InChI is InChI=1S/C25H28FNO5S/c1-24(2)12-20-13-25(3,15-24)16-27(20)33(30,31)21-6-4-5-18(11-21)23(29)32-14-22(28)17-7-9-19(26)10-8-17/h4-11,20H,12-16H2,1-3H3. The first kappa shape index (κ1) is 23.6. The number of ether oxygens (including phenoxy) is 1. The molecule has 6 nitrogen and oxygen atoms in total. The van der Waals surface area contributed by atoms with Crippen LogP contribution in [0.4, 0.5) is 4.39 Å². The smallest absolute Gasteiger partial charge is 0.338 e. The second-order valence-corrected chi connectivity index (χ2v) is 12.2. The molecule has 0 amide bonds. The van der Waals surface area contributed by atoms with Crippen LogP contribution in [0.15, 0.2) is 53.4 Å². The number of rotatable bonds is 6. The molecule has 8 heteroatoms. The summed E-state index contributed by atoms with van der Waals surface area (Å²) in [5.74, 6) is -1.75. The van der Waals surface area contributed by atoms with Crippen LogP contribution in [0.25, 0.3) is 0 Å². The summed E-state index contributed by atoms with van der Waals surface area (Å²) in [5.41, 5.74) is 0.287. The summed E-state index contributed by atoms with van der Waals surface area (Å²) in [6.45, 7) is 6.44. The Hall–Kier alpha value is -2.58. The third-order valence-corrected chi connectivity index (χ3v) is 8.44. The van der Waals surface area contributed by atoms with Gasteiger partial charge in [0, 0.05) is 18.2 Å². The highest BCUT2D eigenvalue weighted by Crippen LogP contribution is 2.53. The lowest BCUT2D eigenvalue weighted by atomic mass is 9.65. The quantitative estimate of drug-likeness (QED) is 0.457. The summed E-state index contributed by atoms with van der Waals surface area (Å²) in [5, 5.41) is 0. The largest absolute Gasteiger partial charge is 0.454 e. The minimum absolute atomic E-state index is 0.0377. The van der Waals surface area contributed by atoms with Crippen molar-refractivity contribution in [2.45, 2.75) is 51.0 Å². The molecule has 33 heavy (non-hydrogen) atoms. The topological polar surface area (TPSA) is 80.8 Å². The molecular weight excluding hydrogens is 445 g/mol. The van der Waals surface area contributed by atoms with Crippen molar-refractivity contribution in [3.63, 3.8) is 0 Å². The zero-order valence-corrected chi connectivity index (χ0v) is 19.8. The van der Waals surface area contributed by atoms with E-state index in [4.69, 9.17) is 4.74 Å². The Morgan fingerprint density at radius 1 is 1.06 bits per heavy atom. The molecule has 4 rings (SSSR count). The highest BCUT2D eigenvalue weighted by molar-refractivity contribution is 7.89. The highest BCUT2D eigenvalue weighted by Gasteiger charge is 2.53. The van der Waals surface area contributed by atoms with Gasteiger partial charge in [-0.2, -0.15) is 4.31 Å². The third kappa shape index (κ3) is 4.87. The van der Waals surface area contributed by atoms with Crippen molar-refractivity contribution in [3.05, 3.63) is 65.5 Å². The Labute approximate surface area is 193 Å². The van der Waals surface area contributed by atoms with Gasteiger partial charge in [0.2, 0.25) is 10.0 Å². The average molecular weight is 474 g/mol. The molecular formula is C25H28FNO5S. The zero-order valence-electron chi connectivity index (χ0n) is 19.0. The number of esters is 1. The molecule has 0 spiro atoms. The first-order chi connectivity index (χ1) is 15.4. The molecule has 1 heterocycles. The van der Waals surface area contributed by atoms with Gasteiger partial charge in [-0.15, -0.1) is 0 Å².